The molecule has 0 radical (unpaired) electrons. The van der Waals surface area contributed by atoms with Crippen LogP contribution in [0.5, 0.6) is 0 Å². The first-order chi connectivity index (χ1) is 12.0. The minimum absolute atomic E-state index is 0.00802. The molecule has 0 fully saturated rings. The molecule has 0 aliphatic carbocycles. The summed E-state index contributed by atoms with van der Waals surface area (Å²) in [7, 11) is 1.80. The molecule has 2 aromatic rings. The van der Waals surface area contributed by atoms with Gasteiger partial charge in [-0.1, -0.05) is 30.3 Å². The molecule has 0 aliphatic heterocycles. The number of aliphatic hydroxyl groups excluding tert-OH is 1. The summed E-state index contributed by atoms with van der Waals surface area (Å²) in [5.74, 6) is -1.60. The van der Waals surface area contributed by atoms with Crippen molar-refractivity contribution in [1.29, 1.82) is 0 Å². The zero-order valence-electron chi connectivity index (χ0n) is 14.1. The lowest BCUT2D eigenvalue weighted by Crippen LogP contribution is -2.37. The van der Waals surface area contributed by atoms with E-state index in [1.165, 1.54) is 12.1 Å². The number of halogens is 2. The topological polar surface area (TPSA) is 52.6 Å². The van der Waals surface area contributed by atoms with Gasteiger partial charge in [0.2, 0.25) is 5.91 Å². The first kappa shape index (κ1) is 19.0. The number of hydrogen-bond acceptors (Lipinski definition) is 3. The molecular weight excluding hydrogens is 326 g/mol. The Morgan fingerprint density at radius 3 is 2.40 bits per heavy atom. The number of rotatable bonds is 8. The maximum absolute atomic E-state index is 13.2. The van der Waals surface area contributed by atoms with Gasteiger partial charge in [0.05, 0.1) is 6.54 Å². The summed E-state index contributed by atoms with van der Waals surface area (Å²) < 4.78 is 26.3. The predicted molar refractivity (Wildman–Crippen MR) is 91.7 cm³/mol. The molecule has 0 aromatic heterocycles. The number of carbonyl (C=O) groups excluding carboxylic acids is 1. The van der Waals surface area contributed by atoms with Crippen LogP contribution in [0.3, 0.4) is 0 Å². The number of amides is 1. The van der Waals surface area contributed by atoms with E-state index in [0.717, 1.165) is 11.6 Å². The van der Waals surface area contributed by atoms with Gasteiger partial charge in [-0.05, 0) is 36.7 Å². The highest BCUT2D eigenvalue weighted by Crippen LogP contribution is 2.22. The zero-order valence-corrected chi connectivity index (χ0v) is 14.1. The average molecular weight is 348 g/mol. The van der Waals surface area contributed by atoms with E-state index < -0.39 is 11.6 Å². The molecule has 6 heteroatoms. The second-order valence-electron chi connectivity index (χ2n) is 5.91. The van der Waals surface area contributed by atoms with E-state index in [1.807, 2.05) is 35.2 Å². The summed E-state index contributed by atoms with van der Waals surface area (Å²) in [6.45, 7) is 0.169. The van der Waals surface area contributed by atoms with Crippen LogP contribution < -0.4 is 5.32 Å². The molecule has 0 aliphatic rings. The third-order valence-electron chi connectivity index (χ3n) is 3.92. The maximum Gasteiger partial charge on any atom is 0.234 e. The fourth-order valence-corrected chi connectivity index (χ4v) is 2.75. The molecule has 1 amide bonds. The van der Waals surface area contributed by atoms with Crippen LogP contribution in [0.4, 0.5) is 8.78 Å². The standard InChI is InChI=1S/C19H22F2N2O2/c1-23(18(7-8-24)15-5-3-2-4-6-15)13-19(25)22-12-14-9-16(20)11-17(21)10-14/h2-6,9-11,18,24H,7-8,12-13H2,1H3,(H,22,25). The molecular formula is C19H22F2N2O2. The van der Waals surface area contributed by atoms with Crippen LogP contribution in [0.2, 0.25) is 0 Å². The van der Waals surface area contributed by atoms with E-state index in [1.54, 1.807) is 7.05 Å². The van der Waals surface area contributed by atoms with Gasteiger partial charge in [-0.2, -0.15) is 0 Å². The van der Waals surface area contributed by atoms with Gasteiger partial charge in [-0.25, -0.2) is 8.78 Å². The van der Waals surface area contributed by atoms with E-state index in [-0.39, 0.29) is 31.6 Å². The van der Waals surface area contributed by atoms with Gasteiger partial charge in [0.1, 0.15) is 11.6 Å². The Morgan fingerprint density at radius 2 is 1.80 bits per heavy atom. The second kappa shape index (κ2) is 9.25. The SMILES string of the molecule is CN(CC(=O)NCc1cc(F)cc(F)c1)C(CCO)c1ccccc1. The minimum atomic E-state index is -0.673. The molecule has 25 heavy (non-hydrogen) atoms. The van der Waals surface area contributed by atoms with E-state index in [0.29, 0.717) is 12.0 Å². The molecule has 1 unspecified atom stereocenters. The van der Waals surface area contributed by atoms with E-state index in [2.05, 4.69) is 5.32 Å². The molecule has 2 aromatic carbocycles. The quantitative estimate of drug-likeness (QED) is 0.771. The van der Waals surface area contributed by atoms with E-state index in [4.69, 9.17) is 0 Å². The normalized spacial score (nSPS) is 12.2. The van der Waals surface area contributed by atoms with Crippen molar-refractivity contribution in [3.8, 4) is 0 Å². The van der Waals surface area contributed by atoms with Crippen molar-refractivity contribution in [2.45, 2.75) is 19.0 Å². The van der Waals surface area contributed by atoms with Crippen LogP contribution in [0.25, 0.3) is 0 Å². The largest absolute Gasteiger partial charge is 0.396 e. The number of benzene rings is 2. The summed E-state index contributed by atoms with van der Waals surface area (Å²) >= 11 is 0. The first-order valence-corrected chi connectivity index (χ1v) is 8.07. The van der Waals surface area contributed by atoms with Crippen LogP contribution in [-0.2, 0) is 11.3 Å². The number of aliphatic hydroxyl groups is 1. The molecule has 0 bridgehead atoms. The third kappa shape index (κ3) is 5.92. The Labute approximate surface area is 146 Å². The molecule has 134 valence electrons. The number of likely N-dealkylation sites (N-methyl/N-ethyl adjacent to an activating group) is 1. The monoisotopic (exact) mass is 348 g/mol. The molecule has 2 rings (SSSR count). The lowest BCUT2D eigenvalue weighted by Gasteiger charge is -2.27. The van der Waals surface area contributed by atoms with Crippen molar-refractivity contribution in [2.24, 2.45) is 0 Å². The van der Waals surface area contributed by atoms with Gasteiger partial charge in [0, 0.05) is 25.3 Å². The van der Waals surface area contributed by atoms with Crippen molar-refractivity contribution < 1.29 is 18.7 Å². The molecule has 4 nitrogen and oxygen atoms in total. The highest BCUT2D eigenvalue weighted by Gasteiger charge is 2.18. The Balaban J connectivity index is 1.93. The number of hydrogen-bond donors (Lipinski definition) is 2. The van der Waals surface area contributed by atoms with Gasteiger partial charge < -0.3 is 10.4 Å². The Hall–Kier alpha value is -2.31. The molecule has 0 heterocycles. The van der Waals surface area contributed by atoms with Crippen molar-refractivity contribution in [1.82, 2.24) is 10.2 Å². The summed E-state index contributed by atoms with van der Waals surface area (Å²) in [4.78, 5) is 14.0. The van der Waals surface area contributed by atoms with Gasteiger partial charge in [-0.15, -0.1) is 0 Å². The van der Waals surface area contributed by atoms with Gasteiger partial charge in [0.25, 0.3) is 0 Å². The van der Waals surface area contributed by atoms with Crippen molar-refractivity contribution in [3.63, 3.8) is 0 Å². The highest BCUT2D eigenvalue weighted by molar-refractivity contribution is 5.78. The summed E-state index contributed by atoms with van der Waals surface area (Å²) in [6, 6.07) is 12.7. The fourth-order valence-electron chi connectivity index (χ4n) is 2.75. The van der Waals surface area contributed by atoms with Gasteiger partial charge in [0.15, 0.2) is 0 Å². The fraction of sp³-hybridized carbons (Fsp3) is 0.316. The number of carbonyl (C=O) groups is 1. The zero-order chi connectivity index (χ0) is 18.2. The molecule has 2 N–H and O–H groups in total. The van der Waals surface area contributed by atoms with Gasteiger partial charge in [-0.3, -0.25) is 9.69 Å². The number of nitrogens with one attached hydrogen (secondary N) is 1. The lowest BCUT2D eigenvalue weighted by atomic mass is 10.0. The predicted octanol–water partition coefficient (Wildman–Crippen LogP) is 2.64. The second-order valence-corrected chi connectivity index (χ2v) is 5.91. The Morgan fingerprint density at radius 1 is 1.16 bits per heavy atom. The van der Waals surface area contributed by atoms with Crippen LogP contribution >= 0.6 is 0 Å². The van der Waals surface area contributed by atoms with Gasteiger partial charge >= 0.3 is 0 Å². The number of nitrogens with zero attached hydrogens (tertiary/aromatic N) is 1. The maximum atomic E-state index is 13.2. The molecule has 0 spiro atoms. The molecule has 1 atom stereocenters. The van der Waals surface area contributed by atoms with Crippen LogP contribution in [0.1, 0.15) is 23.6 Å². The summed E-state index contributed by atoms with van der Waals surface area (Å²) in [5, 5.41) is 11.9. The Bertz CT molecular complexity index is 675. The van der Waals surface area contributed by atoms with E-state index >= 15 is 0 Å². The first-order valence-electron chi connectivity index (χ1n) is 8.07. The van der Waals surface area contributed by atoms with Crippen LogP contribution in [-0.4, -0.2) is 36.1 Å². The van der Waals surface area contributed by atoms with Crippen molar-refractivity contribution in [3.05, 3.63) is 71.3 Å². The summed E-state index contributed by atoms with van der Waals surface area (Å²) in [6.07, 6.45) is 0.503. The van der Waals surface area contributed by atoms with Crippen LogP contribution in [0, 0.1) is 11.6 Å². The van der Waals surface area contributed by atoms with Crippen molar-refractivity contribution >= 4 is 5.91 Å². The minimum Gasteiger partial charge on any atom is -0.396 e. The molecule has 0 saturated heterocycles. The summed E-state index contributed by atoms with van der Waals surface area (Å²) in [5.41, 5.74) is 1.38. The average Bonchev–Trinajstić information content (AvgIpc) is 2.57. The highest BCUT2D eigenvalue weighted by atomic mass is 19.1. The third-order valence-corrected chi connectivity index (χ3v) is 3.92. The molecule has 0 saturated carbocycles. The van der Waals surface area contributed by atoms with Crippen LogP contribution in [0.15, 0.2) is 48.5 Å². The van der Waals surface area contributed by atoms with E-state index in [9.17, 15) is 18.7 Å². The smallest absolute Gasteiger partial charge is 0.234 e. The lowest BCUT2D eigenvalue weighted by molar-refractivity contribution is -0.122. The van der Waals surface area contributed by atoms with Crippen molar-refractivity contribution in [2.75, 3.05) is 20.2 Å². The Kier molecular flexibility index (Phi) is 7.03.